The first-order valence-electron chi connectivity index (χ1n) is 6.58. The first kappa shape index (κ1) is 11.7. The molecule has 3 aromatic heterocycles. The number of hydrogen-bond donors (Lipinski definition) is 1. The Morgan fingerprint density at radius 2 is 2.35 bits per heavy atom. The number of piperidine rings is 1. The number of thiophene rings is 1. The summed E-state index contributed by atoms with van der Waals surface area (Å²) < 4.78 is 0. The van der Waals surface area contributed by atoms with Crippen LogP contribution in [-0.2, 0) is 0 Å². The predicted molar refractivity (Wildman–Crippen MR) is 75.8 cm³/mol. The molecule has 0 amide bonds. The lowest BCUT2D eigenvalue weighted by molar-refractivity contribution is 0.490. The quantitative estimate of drug-likeness (QED) is 0.770. The van der Waals surface area contributed by atoms with Crippen molar-refractivity contribution in [2.75, 3.05) is 18.0 Å². The van der Waals surface area contributed by atoms with Gasteiger partial charge in [0.05, 0.1) is 5.39 Å². The number of rotatable bonds is 2. The first-order valence-corrected chi connectivity index (χ1v) is 7.46. The van der Waals surface area contributed by atoms with Crippen molar-refractivity contribution in [3.63, 3.8) is 0 Å². The van der Waals surface area contributed by atoms with Crippen LogP contribution >= 0.6 is 11.3 Å². The minimum Gasteiger partial charge on any atom is -0.355 e. The van der Waals surface area contributed by atoms with Crippen LogP contribution in [0.5, 0.6) is 0 Å². The molecule has 0 saturated carbocycles. The van der Waals surface area contributed by atoms with Gasteiger partial charge >= 0.3 is 0 Å². The fraction of sp³-hybridized carbons (Fsp3) is 0.417. The highest BCUT2D eigenvalue weighted by Gasteiger charge is 2.26. The van der Waals surface area contributed by atoms with Gasteiger partial charge in [0.1, 0.15) is 17.0 Å². The van der Waals surface area contributed by atoms with Crippen LogP contribution < -0.4 is 4.90 Å². The van der Waals surface area contributed by atoms with Crippen LogP contribution in [0.4, 0.5) is 5.82 Å². The number of fused-ring (bicyclic) bond motifs is 1. The van der Waals surface area contributed by atoms with Gasteiger partial charge in [0.25, 0.3) is 0 Å². The summed E-state index contributed by atoms with van der Waals surface area (Å²) in [6.07, 6.45) is 3.84. The van der Waals surface area contributed by atoms with E-state index in [-0.39, 0.29) is 0 Å². The van der Waals surface area contributed by atoms with Crippen molar-refractivity contribution in [2.24, 2.45) is 0 Å². The second kappa shape index (κ2) is 4.78. The molecule has 20 heavy (non-hydrogen) atoms. The maximum Gasteiger partial charge on any atom is 0.179 e. The van der Waals surface area contributed by atoms with Gasteiger partial charge in [-0.15, -0.1) is 21.5 Å². The number of nitrogens with zero attached hydrogens (tertiary/aromatic N) is 6. The molecule has 1 atom stereocenters. The smallest absolute Gasteiger partial charge is 0.179 e. The number of aromatic nitrogens is 6. The van der Waals surface area contributed by atoms with E-state index in [0.717, 1.165) is 47.8 Å². The minimum atomic E-state index is 0.311. The Hall–Kier alpha value is -2.09. The number of tetrazole rings is 1. The summed E-state index contributed by atoms with van der Waals surface area (Å²) in [7, 11) is 0. The molecule has 0 spiro atoms. The number of anilines is 1. The van der Waals surface area contributed by atoms with E-state index in [9.17, 15) is 0 Å². The molecule has 4 heterocycles. The summed E-state index contributed by atoms with van der Waals surface area (Å²) >= 11 is 1.65. The van der Waals surface area contributed by atoms with E-state index in [1.807, 2.05) is 0 Å². The van der Waals surface area contributed by atoms with Crippen LogP contribution in [-0.4, -0.2) is 43.7 Å². The normalized spacial score (nSPS) is 19.6. The van der Waals surface area contributed by atoms with E-state index < -0.39 is 0 Å². The van der Waals surface area contributed by atoms with Gasteiger partial charge in [-0.3, -0.25) is 0 Å². The van der Waals surface area contributed by atoms with Gasteiger partial charge in [0.2, 0.25) is 0 Å². The summed E-state index contributed by atoms with van der Waals surface area (Å²) in [4.78, 5) is 12.1. The van der Waals surface area contributed by atoms with E-state index in [2.05, 4.69) is 46.9 Å². The molecule has 102 valence electrons. The van der Waals surface area contributed by atoms with Crippen LogP contribution in [0.3, 0.4) is 0 Å². The zero-order chi connectivity index (χ0) is 13.4. The molecule has 1 aliphatic rings. The molecule has 0 radical (unpaired) electrons. The molecule has 7 nitrogen and oxygen atoms in total. The second-order valence-electron chi connectivity index (χ2n) is 4.89. The lowest BCUT2D eigenvalue weighted by atomic mass is 9.97. The van der Waals surface area contributed by atoms with Gasteiger partial charge in [-0.05, 0) is 24.3 Å². The van der Waals surface area contributed by atoms with Crippen LogP contribution in [0.1, 0.15) is 24.6 Å². The molecular weight excluding hydrogens is 274 g/mol. The SMILES string of the molecule is c1nc(N2CCC[C@@H](c3nn[nH]n3)C2)c2ccsc2n1. The van der Waals surface area contributed by atoms with Gasteiger partial charge in [-0.2, -0.15) is 5.21 Å². The fourth-order valence-electron chi connectivity index (χ4n) is 2.75. The van der Waals surface area contributed by atoms with Crippen LogP contribution in [0.25, 0.3) is 10.2 Å². The summed E-state index contributed by atoms with van der Waals surface area (Å²) in [5.74, 6) is 2.13. The zero-order valence-corrected chi connectivity index (χ0v) is 11.5. The summed E-state index contributed by atoms with van der Waals surface area (Å²) in [5, 5.41) is 17.6. The van der Waals surface area contributed by atoms with Gasteiger partial charge in [-0.25, -0.2) is 9.97 Å². The third-order valence-electron chi connectivity index (χ3n) is 3.69. The molecule has 8 heteroatoms. The second-order valence-corrected chi connectivity index (χ2v) is 5.79. The largest absolute Gasteiger partial charge is 0.355 e. The van der Waals surface area contributed by atoms with Crippen molar-refractivity contribution in [1.29, 1.82) is 0 Å². The number of nitrogens with one attached hydrogen (secondary N) is 1. The molecule has 0 unspecified atom stereocenters. The van der Waals surface area contributed by atoms with Crippen molar-refractivity contribution < 1.29 is 0 Å². The highest BCUT2D eigenvalue weighted by molar-refractivity contribution is 7.16. The molecule has 1 N–H and O–H groups in total. The molecule has 0 aromatic carbocycles. The molecule has 0 bridgehead atoms. The van der Waals surface area contributed by atoms with E-state index in [4.69, 9.17) is 0 Å². The number of hydrogen-bond acceptors (Lipinski definition) is 7. The average Bonchev–Trinajstić information content (AvgIpc) is 3.18. The highest BCUT2D eigenvalue weighted by Crippen LogP contribution is 2.31. The summed E-state index contributed by atoms with van der Waals surface area (Å²) in [6.45, 7) is 1.89. The molecule has 1 aliphatic heterocycles. The molecular formula is C12H13N7S. The average molecular weight is 287 g/mol. The van der Waals surface area contributed by atoms with Crippen LogP contribution in [0, 0.1) is 0 Å². The Labute approximate surface area is 119 Å². The van der Waals surface area contributed by atoms with Crippen molar-refractivity contribution in [1.82, 2.24) is 30.6 Å². The van der Waals surface area contributed by atoms with Crippen LogP contribution in [0.2, 0.25) is 0 Å². The van der Waals surface area contributed by atoms with E-state index in [1.165, 1.54) is 0 Å². The standard InChI is InChI=1S/C12H13N7S/c1-2-8(10-15-17-18-16-10)6-19(4-1)11-9-3-5-20-12(9)14-7-13-11/h3,5,7-8H,1-2,4,6H2,(H,15,16,17,18)/t8-/m1/s1. The monoisotopic (exact) mass is 287 g/mol. The van der Waals surface area contributed by atoms with E-state index in [0.29, 0.717) is 5.92 Å². The predicted octanol–water partition coefficient (Wildman–Crippen LogP) is 1.59. The Morgan fingerprint density at radius 3 is 3.25 bits per heavy atom. The molecule has 3 aromatic rings. The number of H-pyrrole nitrogens is 1. The van der Waals surface area contributed by atoms with Gasteiger partial charge in [-0.1, -0.05) is 5.21 Å². The number of aromatic amines is 1. The third kappa shape index (κ3) is 1.92. The summed E-state index contributed by atoms with van der Waals surface area (Å²) in [5.41, 5.74) is 0. The maximum absolute atomic E-state index is 4.48. The molecule has 1 fully saturated rings. The van der Waals surface area contributed by atoms with Gasteiger partial charge in [0.15, 0.2) is 5.82 Å². The Bertz CT molecular complexity index is 708. The van der Waals surface area contributed by atoms with Gasteiger partial charge < -0.3 is 4.90 Å². The van der Waals surface area contributed by atoms with Crippen LogP contribution in [0.15, 0.2) is 17.8 Å². The Balaban J connectivity index is 1.66. The Kier molecular flexibility index (Phi) is 2.80. The Morgan fingerprint density at radius 1 is 1.35 bits per heavy atom. The van der Waals surface area contributed by atoms with E-state index >= 15 is 0 Å². The molecule has 0 aliphatic carbocycles. The first-order chi connectivity index (χ1) is 9.92. The van der Waals surface area contributed by atoms with Crippen molar-refractivity contribution in [3.05, 3.63) is 23.6 Å². The topological polar surface area (TPSA) is 83.5 Å². The summed E-state index contributed by atoms with van der Waals surface area (Å²) in [6, 6.07) is 2.09. The lowest BCUT2D eigenvalue weighted by Crippen LogP contribution is -2.35. The molecule has 1 saturated heterocycles. The zero-order valence-electron chi connectivity index (χ0n) is 10.7. The van der Waals surface area contributed by atoms with E-state index in [1.54, 1.807) is 17.7 Å². The highest BCUT2D eigenvalue weighted by atomic mass is 32.1. The van der Waals surface area contributed by atoms with Gasteiger partial charge in [0, 0.05) is 19.0 Å². The van der Waals surface area contributed by atoms with Crippen molar-refractivity contribution >= 4 is 27.4 Å². The minimum absolute atomic E-state index is 0.311. The third-order valence-corrected chi connectivity index (χ3v) is 4.51. The molecule has 4 rings (SSSR count). The van der Waals surface area contributed by atoms with Crippen molar-refractivity contribution in [2.45, 2.75) is 18.8 Å². The maximum atomic E-state index is 4.48. The fourth-order valence-corrected chi connectivity index (χ4v) is 3.48. The van der Waals surface area contributed by atoms with Crippen molar-refractivity contribution in [3.8, 4) is 0 Å². The lowest BCUT2D eigenvalue weighted by Gasteiger charge is -2.32.